The molecule has 1 heterocycles. The number of hydrogen-bond donors (Lipinski definition) is 0. The van der Waals surface area contributed by atoms with Crippen LogP contribution in [0.3, 0.4) is 0 Å². The monoisotopic (exact) mass is 194 g/mol. The molecule has 0 saturated carbocycles. The van der Waals surface area contributed by atoms with Crippen molar-refractivity contribution in [1.29, 1.82) is 0 Å². The highest BCUT2D eigenvalue weighted by Crippen LogP contribution is 2.11. The van der Waals surface area contributed by atoms with E-state index in [1.807, 2.05) is 34.6 Å². The summed E-state index contributed by atoms with van der Waals surface area (Å²) in [7, 11) is 0. The minimum atomic E-state index is 0.0826. The number of rotatable bonds is 3. The third-order valence-corrected chi connectivity index (χ3v) is 2.69. The van der Waals surface area contributed by atoms with E-state index in [1.54, 1.807) is 4.68 Å². The molecule has 0 aliphatic rings. The summed E-state index contributed by atoms with van der Waals surface area (Å²) in [5.41, 5.74) is 3.29. The maximum Gasteiger partial charge on any atom is 0.156 e. The summed E-state index contributed by atoms with van der Waals surface area (Å²) in [6.07, 6.45) is 0. The van der Waals surface area contributed by atoms with E-state index in [0.29, 0.717) is 6.54 Å². The second-order valence-electron chi connectivity index (χ2n) is 4.07. The average Bonchev–Trinajstić information content (AvgIpc) is 2.33. The lowest BCUT2D eigenvalue weighted by atomic mass is 10.1. The quantitative estimate of drug-likeness (QED) is 0.738. The fourth-order valence-corrected chi connectivity index (χ4v) is 1.27. The van der Waals surface area contributed by atoms with Gasteiger partial charge in [0.05, 0.1) is 5.69 Å². The van der Waals surface area contributed by atoms with Crippen molar-refractivity contribution in [2.45, 2.75) is 41.2 Å². The summed E-state index contributed by atoms with van der Waals surface area (Å²) < 4.78 is 1.80. The van der Waals surface area contributed by atoms with Crippen molar-refractivity contribution >= 4 is 5.78 Å². The van der Waals surface area contributed by atoms with Crippen LogP contribution in [0.5, 0.6) is 0 Å². The van der Waals surface area contributed by atoms with Crippen molar-refractivity contribution < 1.29 is 4.79 Å². The van der Waals surface area contributed by atoms with Crippen LogP contribution in [0.15, 0.2) is 0 Å². The molecule has 0 aliphatic carbocycles. The molecule has 0 fully saturated rings. The molecular weight excluding hydrogens is 176 g/mol. The number of carbonyl (C=O) groups excluding carboxylic acids is 1. The van der Waals surface area contributed by atoms with Gasteiger partial charge in [-0.2, -0.15) is 5.10 Å². The van der Waals surface area contributed by atoms with Gasteiger partial charge in [-0.15, -0.1) is 0 Å². The number of ketones is 1. The van der Waals surface area contributed by atoms with Crippen LogP contribution in [0.25, 0.3) is 0 Å². The van der Waals surface area contributed by atoms with Crippen molar-refractivity contribution in [1.82, 2.24) is 9.78 Å². The van der Waals surface area contributed by atoms with Crippen molar-refractivity contribution in [2.24, 2.45) is 5.92 Å². The molecule has 0 unspecified atom stereocenters. The smallest absolute Gasteiger partial charge is 0.156 e. The molecule has 0 saturated heterocycles. The van der Waals surface area contributed by atoms with Crippen LogP contribution in [0.4, 0.5) is 0 Å². The van der Waals surface area contributed by atoms with Crippen molar-refractivity contribution in [3.8, 4) is 0 Å². The van der Waals surface area contributed by atoms with Gasteiger partial charge in [0.1, 0.15) is 6.54 Å². The molecule has 0 radical (unpaired) electrons. The second-order valence-corrected chi connectivity index (χ2v) is 4.07. The average molecular weight is 194 g/mol. The first-order valence-electron chi connectivity index (χ1n) is 4.96. The predicted octanol–water partition coefficient (Wildman–Crippen LogP) is 2.03. The van der Waals surface area contributed by atoms with Gasteiger partial charge >= 0.3 is 0 Å². The second kappa shape index (κ2) is 3.95. The van der Waals surface area contributed by atoms with Crippen LogP contribution >= 0.6 is 0 Å². The third-order valence-electron chi connectivity index (χ3n) is 2.69. The van der Waals surface area contributed by atoms with E-state index in [1.165, 1.54) is 5.56 Å². The van der Waals surface area contributed by atoms with E-state index in [-0.39, 0.29) is 11.7 Å². The number of carbonyl (C=O) groups is 1. The van der Waals surface area contributed by atoms with E-state index in [2.05, 4.69) is 5.10 Å². The van der Waals surface area contributed by atoms with Crippen LogP contribution < -0.4 is 0 Å². The maximum absolute atomic E-state index is 11.5. The molecule has 1 aromatic heterocycles. The molecule has 0 amide bonds. The first-order valence-corrected chi connectivity index (χ1v) is 4.96. The largest absolute Gasteiger partial charge is 0.297 e. The minimum Gasteiger partial charge on any atom is -0.297 e. The van der Waals surface area contributed by atoms with Gasteiger partial charge in [-0.3, -0.25) is 9.48 Å². The number of aryl methyl sites for hydroxylation is 1. The van der Waals surface area contributed by atoms with Crippen LogP contribution in [0.2, 0.25) is 0 Å². The fraction of sp³-hybridized carbons (Fsp3) is 0.636. The topological polar surface area (TPSA) is 34.9 Å². The highest BCUT2D eigenvalue weighted by Gasteiger charge is 2.12. The lowest BCUT2D eigenvalue weighted by molar-refractivity contribution is -0.122. The molecule has 3 heteroatoms. The van der Waals surface area contributed by atoms with E-state index in [0.717, 1.165) is 11.4 Å². The van der Waals surface area contributed by atoms with Crippen molar-refractivity contribution in [3.63, 3.8) is 0 Å². The van der Waals surface area contributed by atoms with Crippen LogP contribution in [0.1, 0.15) is 30.8 Å². The third kappa shape index (κ3) is 2.03. The van der Waals surface area contributed by atoms with Crippen molar-refractivity contribution in [3.05, 3.63) is 17.0 Å². The zero-order valence-electron chi connectivity index (χ0n) is 9.59. The standard InChI is InChI=1S/C11H18N2O/c1-7(2)11(14)6-13-10(5)8(3)9(4)12-13/h7H,6H2,1-5H3. The Labute approximate surface area is 85.1 Å². The summed E-state index contributed by atoms with van der Waals surface area (Å²) in [5, 5.41) is 4.33. The summed E-state index contributed by atoms with van der Waals surface area (Å²) in [4.78, 5) is 11.5. The molecule has 1 aromatic rings. The fourth-order valence-electron chi connectivity index (χ4n) is 1.27. The zero-order chi connectivity index (χ0) is 10.9. The summed E-state index contributed by atoms with van der Waals surface area (Å²) in [6.45, 7) is 10.2. The molecule has 3 nitrogen and oxygen atoms in total. The summed E-state index contributed by atoms with van der Waals surface area (Å²) in [6, 6.07) is 0. The van der Waals surface area contributed by atoms with Gasteiger partial charge < -0.3 is 0 Å². The first kappa shape index (κ1) is 11.0. The Morgan fingerprint density at radius 1 is 1.36 bits per heavy atom. The molecule has 0 N–H and O–H groups in total. The van der Waals surface area contributed by atoms with Crippen LogP contribution in [-0.4, -0.2) is 15.6 Å². The highest BCUT2D eigenvalue weighted by molar-refractivity contribution is 5.80. The van der Waals surface area contributed by atoms with Crippen LogP contribution in [0, 0.1) is 26.7 Å². The van der Waals surface area contributed by atoms with E-state index >= 15 is 0 Å². The van der Waals surface area contributed by atoms with Gasteiger partial charge in [0.15, 0.2) is 5.78 Å². The molecule has 1 rings (SSSR count). The summed E-state index contributed by atoms with van der Waals surface area (Å²) >= 11 is 0. The summed E-state index contributed by atoms with van der Waals surface area (Å²) in [5.74, 6) is 0.315. The molecule has 0 aromatic carbocycles. The number of nitrogens with zero attached hydrogens (tertiary/aromatic N) is 2. The molecular formula is C11H18N2O. The number of hydrogen-bond acceptors (Lipinski definition) is 2. The van der Waals surface area contributed by atoms with Gasteiger partial charge in [-0.1, -0.05) is 13.8 Å². The van der Waals surface area contributed by atoms with E-state index in [4.69, 9.17) is 0 Å². The number of aromatic nitrogens is 2. The van der Waals surface area contributed by atoms with E-state index in [9.17, 15) is 4.79 Å². The SMILES string of the molecule is Cc1nn(CC(=O)C(C)C)c(C)c1C. The van der Waals surface area contributed by atoms with Gasteiger partial charge in [-0.05, 0) is 26.3 Å². The molecule has 78 valence electrons. The normalized spacial score (nSPS) is 11.0. The number of Topliss-reactive ketones (excluding diaryl/α,β-unsaturated/α-hetero) is 1. The highest BCUT2D eigenvalue weighted by atomic mass is 16.1. The van der Waals surface area contributed by atoms with Gasteiger partial charge in [0, 0.05) is 11.6 Å². The van der Waals surface area contributed by atoms with Gasteiger partial charge in [0.2, 0.25) is 0 Å². The lowest BCUT2D eigenvalue weighted by Crippen LogP contribution is -2.17. The molecule has 0 atom stereocenters. The Hall–Kier alpha value is -1.12. The molecule has 0 aliphatic heterocycles. The van der Waals surface area contributed by atoms with E-state index < -0.39 is 0 Å². The Bertz CT molecular complexity index is 350. The first-order chi connectivity index (χ1) is 6.43. The Balaban J connectivity index is 2.88. The van der Waals surface area contributed by atoms with Gasteiger partial charge in [0.25, 0.3) is 0 Å². The Morgan fingerprint density at radius 2 is 1.93 bits per heavy atom. The zero-order valence-corrected chi connectivity index (χ0v) is 9.59. The minimum absolute atomic E-state index is 0.0826. The molecule has 0 bridgehead atoms. The lowest BCUT2D eigenvalue weighted by Gasteiger charge is -2.06. The Kier molecular flexibility index (Phi) is 3.09. The maximum atomic E-state index is 11.5. The van der Waals surface area contributed by atoms with Crippen molar-refractivity contribution in [2.75, 3.05) is 0 Å². The predicted molar refractivity (Wildman–Crippen MR) is 56.3 cm³/mol. The molecule has 14 heavy (non-hydrogen) atoms. The molecule has 0 spiro atoms. The van der Waals surface area contributed by atoms with Crippen LogP contribution in [-0.2, 0) is 11.3 Å². The van der Waals surface area contributed by atoms with Gasteiger partial charge in [-0.25, -0.2) is 0 Å². The Morgan fingerprint density at radius 3 is 2.29 bits per heavy atom.